The van der Waals surface area contributed by atoms with Gasteiger partial charge >= 0.3 is 0 Å². The first-order valence-corrected chi connectivity index (χ1v) is 18.5. The number of benzene rings is 3. The Labute approximate surface area is 291 Å². The quantitative estimate of drug-likeness (QED) is 0.220. The van der Waals surface area contributed by atoms with Crippen molar-refractivity contribution in [1.82, 2.24) is 9.62 Å². The summed E-state index contributed by atoms with van der Waals surface area (Å²) in [6, 6.07) is 20.5. The van der Waals surface area contributed by atoms with Gasteiger partial charge in [0.25, 0.3) is 0 Å². The van der Waals surface area contributed by atoms with Gasteiger partial charge in [-0.3, -0.25) is 4.79 Å². The zero-order valence-electron chi connectivity index (χ0n) is 29.6. The van der Waals surface area contributed by atoms with Crippen LogP contribution in [-0.4, -0.2) is 84.9 Å². The molecule has 0 unspecified atom stereocenters. The summed E-state index contributed by atoms with van der Waals surface area (Å²) in [5.41, 5.74) is 3.20. The van der Waals surface area contributed by atoms with Gasteiger partial charge < -0.3 is 29.2 Å². The Morgan fingerprint density at radius 3 is 2.45 bits per heavy atom. The predicted octanol–water partition coefficient (Wildman–Crippen LogP) is 5.53. The highest BCUT2D eigenvalue weighted by atomic mass is 32.2. The molecule has 1 saturated heterocycles. The summed E-state index contributed by atoms with van der Waals surface area (Å²) in [4.78, 5) is 15.5. The van der Waals surface area contributed by atoms with Crippen molar-refractivity contribution in [3.63, 3.8) is 0 Å². The molecule has 1 fully saturated rings. The van der Waals surface area contributed by atoms with Gasteiger partial charge in [-0.15, -0.1) is 0 Å². The number of aryl methyl sites for hydroxylation is 1. The second-order valence-corrected chi connectivity index (χ2v) is 15.5. The number of sulfonamides is 1. The van der Waals surface area contributed by atoms with Crippen molar-refractivity contribution in [2.24, 2.45) is 5.41 Å². The van der Waals surface area contributed by atoms with Crippen molar-refractivity contribution in [2.45, 2.75) is 69.6 Å². The molecular formula is C38H51N3O7S. The minimum absolute atomic E-state index is 0.132. The Hall–Kier alpha value is -3.64. The second kappa shape index (κ2) is 15.9. The normalized spacial score (nSPS) is 20.0. The number of nitrogens with one attached hydrogen (secondary N) is 1. The molecule has 49 heavy (non-hydrogen) atoms. The molecule has 2 aliphatic rings. The highest BCUT2D eigenvalue weighted by Gasteiger charge is 2.45. The first-order valence-electron chi connectivity index (χ1n) is 17.0. The fourth-order valence-corrected chi connectivity index (χ4v) is 8.62. The van der Waals surface area contributed by atoms with E-state index in [4.69, 9.17) is 18.9 Å². The van der Waals surface area contributed by atoms with Crippen molar-refractivity contribution in [1.29, 1.82) is 0 Å². The fourth-order valence-electron chi connectivity index (χ4n) is 6.98. The number of amides is 1. The average molecular weight is 694 g/mol. The van der Waals surface area contributed by atoms with Crippen LogP contribution in [0.1, 0.15) is 55.7 Å². The number of piperidine rings is 1. The van der Waals surface area contributed by atoms with Crippen molar-refractivity contribution in [2.75, 3.05) is 59.0 Å². The fraction of sp³-hybridized carbons (Fsp3) is 0.500. The smallest absolute Gasteiger partial charge is 0.243 e. The molecule has 0 aromatic heterocycles. The van der Waals surface area contributed by atoms with Gasteiger partial charge in [-0.1, -0.05) is 49.7 Å². The Kier molecular flexibility index (Phi) is 11.9. The SMILES string of the molecule is CNC(=O)C(C)(C)C[C@@H]1C[C@H](c2ccc(OC)cc2)[C@@H](OCc2ccc3c(c2)N(CCCOC)CCO3)CN1S(=O)(=O)c1ccc(C)cc1. The Bertz CT molecular complexity index is 1660. The van der Waals surface area contributed by atoms with Crippen LogP contribution in [-0.2, 0) is 30.9 Å². The number of ether oxygens (including phenoxy) is 4. The third-order valence-electron chi connectivity index (χ3n) is 9.72. The standard InChI is InChI=1S/C38H51N3O7S/c1-27-8-15-32(16-9-27)49(43,44)41-25-36(48-26-28-10-17-35-34(22-28)40(19-21-47-35)18-7-20-45-5)33(29-11-13-31(46-6)14-12-29)23-30(41)24-38(2,3)37(42)39-4/h8-17,22,30,33,36H,7,18-21,23-26H2,1-6H3,(H,39,42)/t30-,33+,36-/m0/s1. The van der Waals surface area contributed by atoms with Crippen LogP contribution in [0.5, 0.6) is 11.5 Å². The van der Waals surface area contributed by atoms with E-state index in [1.165, 1.54) is 0 Å². The van der Waals surface area contributed by atoms with Crippen molar-refractivity contribution >= 4 is 21.6 Å². The highest BCUT2D eigenvalue weighted by Crippen LogP contribution is 2.42. The van der Waals surface area contributed by atoms with E-state index < -0.39 is 27.6 Å². The number of hydrogen-bond donors (Lipinski definition) is 1. The summed E-state index contributed by atoms with van der Waals surface area (Å²) in [7, 11) is 1.03. The lowest BCUT2D eigenvalue weighted by atomic mass is 9.77. The van der Waals surface area contributed by atoms with Gasteiger partial charge in [-0.05, 0) is 73.7 Å². The lowest BCUT2D eigenvalue weighted by molar-refractivity contribution is -0.130. The first kappa shape index (κ1) is 36.6. The maximum absolute atomic E-state index is 14.4. The molecule has 1 N–H and O–H groups in total. The zero-order chi connectivity index (χ0) is 35.2. The predicted molar refractivity (Wildman–Crippen MR) is 191 cm³/mol. The molecule has 11 heteroatoms. The van der Waals surface area contributed by atoms with Crippen LogP contribution < -0.4 is 19.7 Å². The van der Waals surface area contributed by atoms with Gasteiger partial charge in [0.15, 0.2) is 0 Å². The maximum Gasteiger partial charge on any atom is 0.243 e. The molecule has 266 valence electrons. The molecule has 5 rings (SSSR count). The molecule has 0 radical (unpaired) electrons. The van der Waals surface area contributed by atoms with Gasteiger partial charge in [0.1, 0.15) is 18.1 Å². The molecule has 0 saturated carbocycles. The van der Waals surface area contributed by atoms with E-state index in [0.717, 1.165) is 53.4 Å². The lowest BCUT2D eigenvalue weighted by Gasteiger charge is -2.45. The average Bonchev–Trinajstić information content (AvgIpc) is 3.10. The molecule has 2 aliphatic heterocycles. The van der Waals surface area contributed by atoms with E-state index in [-0.39, 0.29) is 23.3 Å². The monoisotopic (exact) mass is 693 g/mol. The third kappa shape index (κ3) is 8.57. The minimum atomic E-state index is -3.93. The summed E-state index contributed by atoms with van der Waals surface area (Å²) in [6.45, 7) is 9.07. The van der Waals surface area contributed by atoms with Crippen molar-refractivity contribution < 1.29 is 32.2 Å². The molecule has 1 amide bonds. The molecule has 10 nitrogen and oxygen atoms in total. The highest BCUT2D eigenvalue weighted by molar-refractivity contribution is 7.89. The van der Waals surface area contributed by atoms with E-state index in [9.17, 15) is 13.2 Å². The van der Waals surface area contributed by atoms with E-state index in [1.807, 2.05) is 69.3 Å². The minimum Gasteiger partial charge on any atom is -0.497 e. The maximum atomic E-state index is 14.4. The summed E-state index contributed by atoms with van der Waals surface area (Å²) < 4.78 is 53.8. The molecule has 0 bridgehead atoms. The third-order valence-corrected chi connectivity index (χ3v) is 11.7. The van der Waals surface area contributed by atoms with Gasteiger partial charge in [0, 0.05) is 51.2 Å². The molecule has 0 spiro atoms. The summed E-state index contributed by atoms with van der Waals surface area (Å²) >= 11 is 0. The lowest BCUT2D eigenvalue weighted by Crippen LogP contribution is -2.54. The van der Waals surface area contributed by atoms with E-state index in [2.05, 4.69) is 16.3 Å². The summed E-state index contributed by atoms with van der Waals surface area (Å²) in [5, 5.41) is 2.76. The van der Waals surface area contributed by atoms with Crippen LogP contribution in [0, 0.1) is 12.3 Å². The van der Waals surface area contributed by atoms with Crippen LogP contribution >= 0.6 is 0 Å². The van der Waals surface area contributed by atoms with Crippen LogP contribution in [0.15, 0.2) is 71.6 Å². The van der Waals surface area contributed by atoms with Crippen molar-refractivity contribution in [3.8, 4) is 11.5 Å². The summed E-state index contributed by atoms with van der Waals surface area (Å²) in [6.07, 6.45) is 1.28. The number of carbonyl (C=O) groups excluding carboxylic acids is 1. The molecule has 3 atom stereocenters. The number of nitrogens with zero attached hydrogens (tertiary/aromatic N) is 2. The molecule has 3 aromatic carbocycles. The van der Waals surface area contributed by atoms with E-state index in [1.54, 1.807) is 37.7 Å². The number of anilines is 1. The number of hydrogen-bond acceptors (Lipinski definition) is 8. The van der Waals surface area contributed by atoms with E-state index >= 15 is 0 Å². The Balaban J connectivity index is 1.48. The molecular weight excluding hydrogens is 642 g/mol. The van der Waals surface area contributed by atoms with Gasteiger partial charge in [-0.2, -0.15) is 4.31 Å². The molecule has 2 heterocycles. The van der Waals surface area contributed by atoms with Crippen molar-refractivity contribution in [3.05, 3.63) is 83.4 Å². The summed E-state index contributed by atoms with van der Waals surface area (Å²) in [5.74, 6) is 1.32. The van der Waals surface area contributed by atoms with Gasteiger partial charge in [0.2, 0.25) is 15.9 Å². The zero-order valence-corrected chi connectivity index (χ0v) is 30.4. The molecule has 0 aliphatic carbocycles. The number of carbonyl (C=O) groups is 1. The molecule has 3 aromatic rings. The first-order chi connectivity index (χ1) is 23.5. The number of rotatable bonds is 14. The largest absolute Gasteiger partial charge is 0.497 e. The van der Waals surface area contributed by atoms with E-state index in [0.29, 0.717) is 32.7 Å². The second-order valence-electron chi connectivity index (χ2n) is 13.7. The topological polar surface area (TPSA) is 107 Å². The number of methoxy groups -OCH3 is 2. The van der Waals surface area contributed by atoms with Crippen LogP contribution in [0.3, 0.4) is 0 Å². The Morgan fingerprint density at radius 1 is 1.04 bits per heavy atom. The van der Waals surface area contributed by atoms with Crippen LogP contribution in [0.2, 0.25) is 0 Å². The Morgan fingerprint density at radius 2 is 1.78 bits per heavy atom. The van der Waals surface area contributed by atoms with Crippen LogP contribution in [0.4, 0.5) is 5.69 Å². The van der Waals surface area contributed by atoms with Crippen LogP contribution in [0.25, 0.3) is 0 Å². The van der Waals surface area contributed by atoms with Gasteiger partial charge in [-0.25, -0.2) is 8.42 Å². The van der Waals surface area contributed by atoms with Gasteiger partial charge in [0.05, 0.1) is 36.9 Å². The number of fused-ring (bicyclic) bond motifs is 1.